The molecule has 0 aliphatic rings. The lowest BCUT2D eigenvalue weighted by Gasteiger charge is -2.22. The second kappa shape index (κ2) is 7.41. The zero-order valence-electron chi connectivity index (χ0n) is 14.0. The van der Waals surface area contributed by atoms with Gasteiger partial charge in [-0.15, -0.1) is 0 Å². The lowest BCUT2D eigenvalue weighted by atomic mass is 10.1. The number of carbonyl (C=O) groups is 1. The molecular weight excluding hydrogens is 367 g/mol. The van der Waals surface area contributed by atoms with Crippen LogP contribution in [0.2, 0.25) is 5.02 Å². The number of anilines is 2. The van der Waals surface area contributed by atoms with Gasteiger partial charge in [-0.05, 0) is 49.2 Å². The van der Waals surface area contributed by atoms with Crippen LogP contribution >= 0.6 is 11.6 Å². The first-order valence-electron chi connectivity index (χ1n) is 7.38. The van der Waals surface area contributed by atoms with Gasteiger partial charge < -0.3 is 5.32 Å². The number of carbonyl (C=O) groups excluding carboxylic acids is 1. The summed E-state index contributed by atoms with van der Waals surface area (Å²) in [5.74, 6) is -1.18. The molecule has 0 fully saturated rings. The Balaban J connectivity index is 2.27. The Morgan fingerprint density at radius 3 is 2.48 bits per heavy atom. The molecule has 0 aromatic heterocycles. The summed E-state index contributed by atoms with van der Waals surface area (Å²) in [5, 5.41) is 2.48. The van der Waals surface area contributed by atoms with Crippen LogP contribution in [0.3, 0.4) is 0 Å². The number of halogens is 2. The number of aryl methyl sites for hydroxylation is 2. The second-order valence-electron chi connectivity index (χ2n) is 5.73. The minimum Gasteiger partial charge on any atom is -0.324 e. The van der Waals surface area contributed by atoms with Gasteiger partial charge in [-0.25, -0.2) is 12.8 Å². The zero-order chi connectivity index (χ0) is 18.8. The average Bonchev–Trinajstić information content (AvgIpc) is 2.50. The normalized spacial score (nSPS) is 11.2. The molecule has 2 aromatic carbocycles. The van der Waals surface area contributed by atoms with Crippen LogP contribution in [0.5, 0.6) is 0 Å². The van der Waals surface area contributed by atoms with Crippen molar-refractivity contribution in [3.8, 4) is 0 Å². The molecule has 0 aliphatic carbocycles. The van der Waals surface area contributed by atoms with E-state index in [-0.39, 0.29) is 10.7 Å². The molecule has 0 bridgehead atoms. The highest BCUT2D eigenvalue weighted by molar-refractivity contribution is 7.92. The van der Waals surface area contributed by atoms with Crippen LogP contribution in [0.15, 0.2) is 36.4 Å². The molecule has 8 heteroatoms. The van der Waals surface area contributed by atoms with E-state index in [1.165, 1.54) is 12.1 Å². The molecule has 0 radical (unpaired) electrons. The van der Waals surface area contributed by atoms with Crippen LogP contribution in [-0.2, 0) is 14.8 Å². The monoisotopic (exact) mass is 384 g/mol. The van der Waals surface area contributed by atoms with Gasteiger partial charge in [-0.2, -0.15) is 0 Å². The number of hydrogen-bond acceptors (Lipinski definition) is 3. The lowest BCUT2D eigenvalue weighted by Crippen LogP contribution is -2.37. The van der Waals surface area contributed by atoms with Gasteiger partial charge in [0, 0.05) is 5.69 Å². The molecule has 0 atom stereocenters. The maximum Gasteiger partial charge on any atom is 0.245 e. The molecule has 0 heterocycles. The third-order valence-corrected chi connectivity index (χ3v) is 4.98. The van der Waals surface area contributed by atoms with E-state index in [0.29, 0.717) is 5.69 Å². The summed E-state index contributed by atoms with van der Waals surface area (Å²) in [6, 6.07) is 9.05. The molecule has 0 spiro atoms. The molecule has 5 nitrogen and oxygen atoms in total. The van der Waals surface area contributed by atoms with Gasteiger partial charge >= 0.3 is 0 Å². The van der Waals surface area contributed by atoms with Gasteiger partial charge in [0.25, 0.3) is 0 Å². The number of nitrogens with zero attached hydrogens (tertiary/aromatic N) is 1. The fourth-order valence-corrected chi connectivity index (χ4v) is 3.25. The third kappa shape index (κ3) is 4.93. The van der Waals surface area contributed by atoms with Crippen LogP contribution in [0.4, 0.5) is 15.8 Å². The Morgan fingerprint density at radius 2 is 1.88 bits per heavy atom. The van der Waals surface area contributed by atoms with E-state index in [1.807, 2.05) is 26.0 Å². The van der Waals surface area contributed by atoms with Gasteiger partial charge in [0.05, 0.1) is 17.0 Å². The van der Waals surface area contributed by atoms with Crippen molar-refractivity contribution in [1.82, 2.24) is 0 Å². The molecule has 0 aliphatic heterocycles. The topological polar surface area (TPSA) is 66.5 Å². The van der Waals surface area contributed by atoms with Crippen molar-refractivity contribution in [2.45, 2.75) is 13.8 Å². The van der Waals surface area contributed by atoms with Gasteiger partial charge in [0.1, 0.15) is 12.4 Å². The molecule has 134 valence electrons. The van der Waals surface area contributed by atoms with E-state index in [0.717, 1.165) is 27.8 Å². The lowest BCUT2D eigenvalue weighted by molar-refractivity contribution is -0.114. The molecule has 0 saturated heterocycles. The molecule has 25 heavy (non-hydrogen) atoms. The van der Waals surface area contributed by atoms with Crippen LogP contribution in [0.1, 0.15) is 11.1 Å². The molecular formula is C17H18ClFN2O3S. The summed E-state index contributed by atoms with van der Waals surface area (Å²) in [7, 11) is -3.76. The Kier molecular flexibility index (Phi) is 5.69. The second-order valence-corrected chi connectivity index (χ2v) is 8.05. The van der Waals surface area contributed by atoms with Crippen molar-refractivity contribution in [2.75, 3.05) is 22.4 Å². The summed E-state index contributed by atoms with van der Waals surface area (Å²) in [5.41, 5.74) is 2.54. The van der Waals surface area contributed by atoms with Crippen molar-refractivity contribution in [1.29, 1.82) is 0 Å². The number of benzene rings is 2. The maximum absolute atomic E-state index is 13.3. The number of nitrogens with one attached hydrogen (secondary N) is 1. The Bertz CT molecular complexity index is 916. The SMILES string of the molecule is Cc1ccc(C)c(NC(=O)CN(c2ccc(F)c(Cl)c2)S(C)(=O)=O)c1. The summed E-state index contributed by atoms with van der Waals surface area (Å²) < 4.78 is 38.3. The number of hydrogen-bond donors (Lipinski definition) is 1. The van der Waals surface area contributed by atoms with Gasteiger partial charge in [-0.1, -0.05) is 23.7 Å². The first-order chi connectivity index (χ1) is 11.6. The predicted molar refractivity (Wildman–Crippen MR) is 98.1 cm³/mol. The van der Waals surface area contributed by atoms with Gasteiger partial charge in [0.2, 0.25) is 15.9 Å². The van der Waals surface area contributed by atoms with E-state index < -0.39 is 28.3 Å². The highest BCUT2D eigenvalue weighted by atomic mass is 35.5. The summed E-state index contributed by atoms with van der Waals surface area (Å²) in [6.45, 7) is 3.27. The Hall–Kier alpha value is -2.12. The van der Waals surface area contributed by atoms with E-state index in [2.05, 4.69) is 5.32 Å². The number of amides is 1. The van der Waals surface area contributed by atoms with Crippen molar-refractivity contribution < 1.29 is 17.6 Å². The summed E-state index contributed by atoms with van der Waals surface area (Å²) in [6.07, 6.45) is 0.968. The maximum atomic E-state index is 13.3. The van der Waals surface area contributed by atoms with Gasteiger partial charge in [-0.3, -0.25) is 9.10 Å². The molecule has 0 unspecified atom stereocenters. The minimum atomic E-state index is -3.76. The molecule has 2 aromatic rings. The van der Waals surface area contributed by atoms with Crippen molar-refractivity contribution in [2.24, 2.45) is 0 Å². The van der Waals surface area contributed by atoms with Crippen molar-refractivity contribution >= 4 is 38.9 Å². The fourth-order valence-electron chi connectivity index (χ4n) is 2.23. The largest absolute Gasteiger partial charge is 0.324 e. The highest BCUT2D eigenvalue weighted by Gasteiger charge is 2.22. The Labute approximate surface area is 151 Å². The van der Waals surface area contributed by atoms with E-state index in [4.69, 9.17) is 11.6 Å². The fraction of sp³-hybridized carbons (Fsp3) is 0.235. The molecule has 0 saturated carbocycles. The molecule has 1 amide bonds. The highest BCUT2D eigenvalue weighted by Crippen LogP contribution is 2.24. The third-order valence-electron chi connectivity index (χ3n) is 3.55. The number of rotatable bonds is 5. The van der Waals surface area contributed by atoms with E-state index in [1.54, 1.807) is 6.07 Å². The van der Waals surface area contributed by atoms with Crippen LogP contribution in [0.25, 0.3) is 0 Å². The average molecular weight is 385 g/mol. The standard InChI is InChI=1S/C17H18ClFN2O3S/c1-11-4-5-12(2)16(8-11)20-17(22)10-21(25(3,23)24)13-6-7-15(19)14(18)9-13/h4-9H,10H2,1-3H3,(H,20,22). The number of sulfonamides is 1. The van der Waals surface area contributed by atoms with Crippen LogP contribution in [-0.4, -0.2) is 27.1 Å². The van der Waals surface area contributed by atoms with Crippen molar-refractivity contribution in [3.63, 3.8) is 0 Å². The first-order valence-corrected chi connectivity index (χ1v) is 9.60. The Morgan fingerprint density at radius 1 is 1.20 bits per heavy atom. The first kappa shape index (κ1) is 19.2. The minimum absolute atomic E-state index is 0.116. The zero-order valence-corrected chi connectivity index (χ0v) is 15.6. The molecule has 2 rings (SSSR count). The quantitative estimate of drug-likeness (QED) is 0.857. The summed E-state index contributed by atoms with van der Waals surface area (Å²) >= 11 is 5.72. The summed E-state index contributed by atoms with van der Waals surface area (Å²) in [4.78, 5) is 12.3. The van der Waals surface area contributed by atoms with Crippen LogP contribution < -0.4 is 9.62 Å². The van der Waals surface area contributed by atoms with Gasteiger partial charge in [0.15, 0.2) is 0 Å². The van der Waals surface area contributed by atoms with E-state index in [9.17, 15) is 17.6 Å². The molecule has 1 N–H and O–H groups in total. The van der Waals surface area contributed by atoms with E-state index >= 15 is 0 Å². The van der Waals surface area contributed by atoms with Crippen molar-refractivity contribution in [3.05, 3.63) is 58.4 Å². The van der Waals surface area contributed by atoms with Crippen LogP contribution in [0, 0.1) is 19.7 Å². The smallest absolute Gasteiger partial charge is 0.245 e. The predicted octanol–water partition coefficient (Wildman–Crippen LogP) is 3.50.